The number of nitrogens with one attached hydrogen (secondary N) is 1. The van der Waals surface area contributed by atoms with E-state index in [1.807, 2.05) is 0 Å². The number of carbonyl (C=O) groups is 1. The van der Waals surface area contributed by atoms with Crippen molar-refractivity contribution in [1.82, 2.24) is 0 Å². The third-order valence-corrected chi connectivity index (χ3v) is 1.83. The van der Waals surface area contributed by atoms with Gasteiger partial charge in [-0.25, -0.2) is 0 Å². The quantitative estimate of drug-likeness (QED) is 0.470. The molecule has 80 valence electrons. The first-order chi connectivity index (χ1) is 7.17. The highest BCUT2D eigenvalue weighted by atomic mass is 35.5. The van der Waals surface area contributed by atoms with Gasteiger partial charge in [-0.15, -0.1) is 0 Å². The predicted octanol–water partition coefficient (Wildman–Crippen LogP) is 1.75. The molecule has 0 saturated heterocycles. The minimum absolute atomic E-state index is 0.412. The fourth-order valence-corrected chi connectivity index (χ4v) is 1.17. The average Bonchev–Trinajstić information content (AvgIpc) is 2.18. The Hall–Kier alpha value is -1.75. The van der Waals surface area contributed by atoms with Gasteiger partial charge in [-0.2, -0.15) is 0 Å². The number of hydrogen-bond donors (Lipinski definition) is 2. The molecule has 0 spiro atoms. The van der Waals surface area contributed by atoms with Crippen LogP contribution in [0.15, 0.2) is 23.4 Å². The van der Waals surface area contributed by atoms with Crippen LogP contribution in [-0.2, 0) is 4.79 Å². The molecule has 1 aromatic carbocycles. The number of methoxy groups -OCH3 is 1. The van der Waals surface area contributed by atoms with Crippen molar-refractivity contribution in [2.45, 2.75) is 0 Å². The highest BCUT2D eigenvalue weighted by molar-refractivity contribution is 6.33. The Morgan fingerprint density at radius 1 is 1.67 bits per heavy atom. The van der Waals surface area contributed by atoms with E-state index in [2.05, 4.69) is 10.5 Å². The number of halogens is 1. The number of hydrogen-bond acceptors (Lipinski definition) is 4. The number of nitrogens with zero attached hydrogens (tertiary/aromatic N) is 1. The van der Waals surface area contributed by atoms with E-state index in [4.69, 9.17) is 21.5 Å². The largest absolute Gasteiger partial charge is 0.495 e. The molecule has 5 nitrogen and oxygen atoms in total. The summed E-state index contributed by atoms with van der Waals surface area (Å²) in [5.74, 6) is -0.0999. The van der Waals surface area contributed by atoms with Crippen molar-refractivity contribution in [3.05, 3.63) is 23.2 Å². The lowest BCUT2D eigenvalue weighted by atomic mass is 10.3. The number of oxime groups is 1. The van der Waals surface area contributed by atoms with Crippen molar-refractivity contribution in [1.29, 1.82) is 0 Å². The average molecular weight is 229 g/mol. The first kappa shape index (κ1) is 11.3. The maximum absolute atomic E-state index is 11.1. The lowest BCUT2D eigenvalue weighted by Gasteiger charge is -2.08. The fraction of sp³-hybridized carbons (Fsp3) is 0.111. The second kappa shape index (κ2) is 5.21. The molecule has 1 rings (SSSR count). The van der Waals surface area contributed by atoms with Gasteiger partial charge in [-0.05, 0) is 18.2 Å². The molecule has 0 radical (unpaired) electrons. The number of benzene rings is 1. The Kier molecular flexibility index (Phi) is 3.93. The molecule has 0 saturated carbocycles. The summed E-state index contributed by atoms with van der Waals surface area (Å²) in [4.78, 5) is 11.1. The van der Waals surface area contributed by atoms with Crippen LogP contribution in [0, 0.1) is 0 Å². The molecule has 0 fully saturated rings. The van der Waals surface area contributed by atoms with E-state index in [1.165, 1.54) is 13.2 Å². The first-order valence-electron chi connectivity index (χ1n) is 3.99. The first-order valence-corrected chi connectivity index (χ1v) is 4.37. The Balaban J connectivity index is 2.91. The van der Waals surface area contributed by atoms with E-state index in [0.29, 0.717) is 16.5 Å². The molecule has 2 N–H and O–H groups in total. The van der Waals surface area contributed by atoms with Crippen molar-refractivity contribution < 1.29 is 14.7 Å². The monoisotopic (exact) mass is 228 g/mol. The number of ether oxygens (including phenoxy) is 1. The molecule has 0 bridgehead atoms. The maximum Gasteiger partial charge on any atom is 0.270 e. The molecule has 0 unspecified atom stereocenters. The lowest BCUT2D eigenvalue weighted by Crippen LogP contribution is -2.13. The summed E-state index contributed by atoms with van der Waals surface area (Å²) in [7, 11) is 1.47. The zero-order valence-corrected chi connectivity index (χ0v) is 8.65. The second-order valence-electron chi connectivity index (χ2n) is 2.58. The normalized spacial score (nSPS) is 10.3. The zero-order valence-electron chi connectivity index (χ0n) is 7.90. The molecule has 0 aliphatic carbocycles. The standard InChI is InChI=1S/C9H9ClN2O3/c1-15-8-3-2-6(10)4-7(8)12-9(13)5-11-14/h2-5,14H,1H3,(H,12,13)/b11-5+. The maximum atomic E-state index is 11.1. The SMILES string of the molecule is COc1ccc(Cl)cc1NC(=O)/C=N/O. The molecule has 0 aliphatic heterocycles. The van der Waals surface area contributed by atoms with Gasteiger partial charge in [0.05, 0.1) is 12.8 Å². The topological polar surface area (TPSA) is 70.9 Å². The van der Waals surface area contributed by atoms with Crippen molar-refractivity contribution in [2.75, 3.05) is 12.4 Å². The minimum atomic E-state index is -0.571. The zero-order chi connectivity index (χ0) is 11.3. The van der Waals surface area contributed by atoms with Gasteiger partial charge in [0, 0.05) is 5.02 Å². The molecular weight excluding hydrogens is 220 g/mol. The summed E-state index contributed by atoms with van der Waals surface area (Å²) in [5, 5.41) is 13.7. The number of amides is 1. The fourth-order valence-electron chi connectivity index (χ4n) is 0.995. The van der Waals surface area contributed by atoms with Gasteiger partial charge in [-0.3, -0.25) is 4.79 Å². The molecular formula is C9H9ClN2O3. The van der Waals surface area contributed by atoms with E-state index in [1.54, 1.807) is 12.1 Å². The molecule has 1 aromatic rings. The van der Waals surface area contributed by atoms with E-state index < -0.39 is 5.91 Å². The Labute approximate surface area is 91.3 Å². The molecule has 6 heteroatoms. The van der Waals surface area contributed by atoms with E-state index >= 15 is 0 Å². The number of rotatable bonds is 3. The highest BCUT2D eigenvalue weighted by Crippen LogP contribution is 2.27. The van der Waals surface area contributed by atoms with Crippen LogP contribution in [0.1, 0.15) is 0 Å². The van der Waals surface area contributed by atoms with Gasteiger partial charge in [0.15, 0.2) is 0 Å². The summed E-state index contributed by atoms with van der Waals surface area (Å²) < 4.78 is 5.00. The number of anilines is 1. The highest BCUT2D eigenvalue weighted by Gasteiger charge is 2.06. The number of carbonyl (C=O) groups excluding carboxylic acids is 1. The van der Waals surface area contributed by atoms with Crippen LogP contribution in [0.4, 0.5) is 5.69 Å². The van der Waals surface area contributed by atoms with Crippen molar-refractivity contribution in [3.8, 4) is 5.75 Å². The smallest absolute Gasteiger partial charge is 0.270 e. The summed E-state index contributed by atoms with van der Waals surface area (Å²) in [6.45, 7) is 0. The van der Waals surface area contributed by atoms with Crippen molar-refractivity contribution in [2.24, 2.45) is 5.16 Å². The third kappa shape index (κ3) is 3.14. The third-order valence-electron chi connectivity index (χ3n) is 1.59. The summed E-state index contributed by atoms with van der Waals surface area (Å²) in [5.41, 5.74) is 0.412. The van der Waals surface area contributed by atoms with Crippen LogP contribution in [-0.4, -0.2) is 24.4 Å². The van der Waals surface area contributed by atoms with E-state index in [-0.39, 0.29) is 0 Å². The molecule has 0 aliphatic rings. The van der Waals surface area contributed by atoms with E-state index in [9.17, 15) is 4.79 Å². The van der Waals surface area contributed by atoms with Gasteiger partial charge in [-0.1, -0.05) is 16.8 Å². The van der Waals surface area contributed by atoms with Gasteiger partial charge in [0.1, 0.15) is 12.0 Å². The van der Waals surface area contributed by atoms with Crippen LogP contribution in [0.25, 0.3) is 0 Å². The van der Waals surface area contributed by atoms with Crippen molar-refractivity contribution >= 4 is 29.4 Å². The molecule has 0 aromatic heterocycles. The lowest BCUT2D eigenvalue weighted by molar-refractivity contribution is -0.110. The molecule has 15 heavy (non-hydrogen) atoms. The molecule has 0 atom stereocenters. The van der Waals surface area contributed by atoms with Crippen LogP contribution < -0.4 is 10.1 Å². The van der Waals surface area contributed by atoms with Gasteiger partial charge < -0.3 is 15.3 Å². The second-order valence-corrected chi connectivity index (χ2v) is 3.01. The molecule has 0 heterocycles. The Bertz CT molecular complexity index is 393. The van der Waals surface area contributed by atoms with Crippen LogP contribution in [0.5, 0.6) is 5.75 Å². The summed E-state index contributed by atoms with van der Waals surface area (Å²) in [6.07, 6.45) is 0.736. The van der Waals surface area contributed by atoms with Gasteiger partial charge in [0.2, 0.25) is 0 Å². The van der Waals surface area contributed by atoms with E-state index in [0.717, 1.165) is 6.21 Å². The summed E-state index contributed by atoms with van der Waals surface area (Å²) >= 11 is 5.74. The van der Waals surface area contributed by atoms with Crippen LogP contribution in [0.2, 0.25) is 5.02 Å². The van der Waals surface area contributed by atoms with Crippen LogP contribution in [0.3, 0.4) is 0 Å². The van der Waals surface area contributed by atoms with Gasteiger partial charge in [0.25, 0.3) is 5.91 Å². The van der Waals surface area contributed by atoms with Crippen molar-refractivity contribution in [3.63, 3.8) is 0 Å². The van der Waals surface area contributed by atoms with Gasteiger partial charge >= 0.3 is 0 Å². The Morgan fingerprint density at radius 2 is 2.40 bits per heavy atom. The van der Waals surface area contributed by atoms with Crippen LogP contribution >= 0.6 is 11.6 Å². The Morgan fingerprint density at radius 3 is 3.00 bits per heavy atom. The summed E-state index contributed by atoms with van der Waals surface area (Å²) in [6, 6.07) is 4.79. The minimum Gasteiger partial charge on any atom is -0.495 e. The predicted molar refractivity (Wildman–Crippen MR) is 56.9 cm³/mol. The molecule has 1 amide bonds.